The van der Waals surface area contributed by atoms with Crippen LogP contribution >= 0.6 is 11.8 Å². The molecule has 1 fully saturated rings. The molecule has 0 aromatic carbocycles. The predicted molar refractivity (Wildman–Crippen MR) is 74.0 cm³/mol. The van der Waals surface area contributed by atoms with Crippen molar-refractivity contribution in [1.29, 1.82) is 0 Å². The summed E-state index contributed by atoms with van der Waals surface area (Å²) in [5, 5.41) is 11.9. The van der Waals surface area contributed by atoms with Crippen LogP contribution in [0.3, 0.4) is 0 Å². The molecule has 2 heterocycles. The third kappa shape index (κ3) is 2.89. The molecule has 0 spiro atoms. The van der Waals surface area contributed by atoms with Crippen molar-refractivity contribution >= 4 is 23.3 Å². The van der Waals surface area contributed by atoms with Gasteiger partial charge in [-0.05, 0) is 37.8 Å². The largest absolute Gasteiger partial charge is 0.353 e. The first-order valence-electron chi connectivity index (χ1n) is 6.46. The summed E-state index contributed by atoms with van der Waals surface area (Å²) < 4.78 is 1.89. The minimum Gasteiger partial charge on any atom is -0.353 e. The lowest BCUT2D eigenvalue weighted by atomic mass is 10.2. The molecule has 3 rings (SSSR count). The number of nitrogens with zero attached hydrogens (tertiary/aromatic N) is 3. The molecule has 2 aromatic rings. The minimum atomic E-state index is 0.0667. The lowest BCUT2D eigenvalue weighted by molar-refractivity contribution is -0.119. The van der Waals surface area contributed by atoms with E-state index < -0.39 is 0 Å². The van der Waals surface area contributed by atoms with Crippen LogP contribution in [0.5, 0.6) is 0 Å². The highest BCUT2D eigenvalue weighted by Gasteiger charge is 2.28. The van der Waals surface area contributed by atoms with Crippen molar-refractivity contribution in [3.63, 3.8) is 0 Å². The molecule has 0 saturated heterocycles. The molecule has 0 unspecified atom stereocenters. The Hall–Kier alpha value is -1.56. The van der Waals surface area contributed by atoms with Gasteiger partial charge in [-0.3, -0.25) is 9.20 Å². The first-order valence-corrected chi connectivity index (χ1v) is 7.44. The number of fused-ring (bicyclic) bond motifs is 1. The molecule has 19 heavy (non-hydrogen) atoms. The molecule has 1 aliphatic rings. The molecule has 0 radical (unpaired) electrons. The number of hydrogen-bond donors (Lipinski definition) is 1. The molecule has 5 nitrogen and oxygen atoms in total. The second-order valence-corrected chi connectivity index (χ2v) is 5.84. The Morgan fingerprint density at radius 1 is 1.53 bits per heavy atom. The van der Waals surface area contributed by atoms with Crippen LogP contribution in [0.4, 0.5) is 0 Å². The van der Waals surface area contributed by atoms with E-state index >= 15 is 0 Å². The Morgan fingerprint density at radius 2 is 2.37 bits per heavy atom. The van der Waals surface area contributed by atoms with Crippen LogP contribution in [0.25, 0.3) is 5.65 Å². The summed E-state index contributed by atoms with van der Waals surface area (Å²) in [6.07, 6.45) is 4.38. The maximum Gasteiger partial charge on any atom is 0.230 e. The molecule has 1 amide bonds. The highest BCUT2D eigenvalue weighted by atomic mass is 32.2. The zero-order valence-electron chi connectivity index (χ0n) is 10.7. The molecule has 1 aliphatic carbocycles. The second kappa shape index (κ2) is 5.21. The minimum absolute atomic E-state index is 0.0667. The van der Waals surface area contributed by atoms with Crippen LogP contribution in [0.2, 0.25) is 0 Å². The molecule has 1 atom stereocenters. The molecule has 0 aliphatic heterocycles. The molecular formula is C13H16N4OS. The number of nitrogens with one attached hydrogen (secondary N) is 1. The Morgan fingerprint density at radius 3 is 3.16 bits per heavy atom. The average molecular weight is 276 g/mol. The van der Waals surface area contributed by atoms with E-state index in [1.54, 1.807) is 0 Å². The summed E-state index contributed by atoms with van der Waals surface area (Å²) >= 11 is 1.42. The number of hydrogen-bond acceptors (Lipinski definition) is 4. The number of amides is 1. The zero-order valence-corrected chi connectivity index (χ0v) is 11.6. The van der Waals surface area contributed by atoms with Crippen LogP contribution in [0.15, 0.2) is 29.6 Å². The SMILES string of the molecule is C[C@H](NC(=O)CSc1nnc2ccccn12)C1CC1. The van der Waals surface area contributed by atoms with E-state index in [0.717, 1.165) is 10.8 Å². The summed E-state index contributed by atoms with van der Waals surface area (Å²) in [6.45, 7) is 2.08. The first-order chi connectivity index (χ1) is 9.24. The van der Waals surface area contributed by atoms with Crippen LogP contribution < -0.4 is 5.32 Å². The number of aromatic nitrogens is 3. The van der Waals surface area contributed by atoms with Crippen LogP contribution in [0.1, 0.15) is 19.8 Å². The molecule has 2 aromatic heterocycles. The summed E-state index contributed by atoms with van der Waals surface area (Å²) in [4.78, 5) is 11.8. The van der Waals surface area contributed by atoms with E-state index in [1.807, 2.05) is 28.8 Å². The molecule has 0 bridgehead atoms. The van der Waals surface area contributed by atoms with Crippen molar-refractivity contribution in [3.05, 3.63) is 24.4 Å². The smallest absolute Gasteiger partial charge is 0.230 e. The lowest BCUT2D eigenvalue weighted by Crippen LogP contribution is -2.35. The quantitative estimate of drug-likeness (QED) is 0.845. The van der Waals surface area contributed by atoms with Gasteiger partial charge in [0.25, 0.3) is 0 Å². The summed E-state index contributed by atoms with van der Waals surface area (Å²) in [5.74, 6) is 1.13. The van der Waals surface area contributed by atoms with E-state index in [9.17, 15) is 4.79 Å². The molecule has 1 saturated carbocycles. The maximum atomic E-state index is 11.8. The third-order valence-corrected chi connectivity index (χ3v) is 4.28. The molecular weight excluding hydrogens is 260 g/mol. The topological polar surface area (TPSA) is 59.3 Å². The van der Waals surface area contributed by atoms with Gasteiger partial charge in [-0.1, -0.05) is 17.8 Å². The molecule has 100 valence electrons. The van der Waals surface area contributed by atoms with Gasteiger partial charge < -0.3 is 5.32 Å². The first kappa shape index (κ1) is 12.5. The highest BCUT2D eigenvalue weighted by molar-refractivity contribution is 7.99. The Bertz CT molecular complexity index is 593. The Labute approximate surface area is 115 Å². The van der Waals surface area contributed by atoms with Gasteiger partial charge >= 0.3 is 0 Å². The van der Waals surface area contributed by atoms with Crippen molar-refractivity contribution in [3.8, 4) is 0 Å². The van der Waals surface area contributed by atoms with Gasteiger partial charge in [0, 0.05) is 12.2 Å². The molecule has 1 N–H and O–H groups in total. The van der Waals surface area contributed by atoms with Gasteiger partial charge in [-0.15, -0.1) is 10.2 Å². The van der Waals surface area contributed by atoms with Gasteiger partial charge in [0.2, 0.25) is 5.91 Å². The normalized spacial score (nSPS) is 16.5. The second-order valence-electron chi connectivity index (χ2n) is 4.89. The summed E-state index contributed by atoms with van der Waals surface area (Å²) in [7, 11) is 0. The number of pyridine rings is 1. The number of thioether (sulfide) groups is 1. The fourth-order valence-electron chi connectivity index (χ4n) is 2.06. The number of carbonyl (C=O) groups is 1. The van der Waals surface area contributed by atoms with E-state index in [4.69, 9.17) is 0 Å². The zero-order chi connectivity index (χ0) is 13.2. The molecule has 6 heteroatoms. The van der Waals surface area contributed by atoms with Crippen molar-refractivity contribution in [1.82, 2.24) is 19.9 Å². The van der Waals surface area contributed by atoms with Crippen LogP contribution in [-0.2, 0) is 4.79 Å². The fraction of sp³-hybridized carbons (Fsp3) is 0.462. The fourth-order valence-corrected chi connectivity index (χ4v) is 2.79. The van der Waals surface area contributed by atoms with Gasteiger partial charge in [-0.2, -0.15) is 0 Å². The number of carbonyl (C=O) groups excluding carboxylic acids is 1. The van der Waals surface area contributed by atoms with Crippen molar-refractivity contribution in [2.24, 2.45) is 5.92 Å². The van der Waals surface area contributed by atoms with Gasteiger partial charge in [0.05, 0.1) is 5.75 Å². The third-order valence-electron chi connectivity index (χ3n) is 3.33. The van der Waals surface area contributed by atoms with E-state index in [0.29, 0.717) is 17.7 Å². The predicted octanol–water partition coefficient (Wildman–Crippen LogP) is 1.74. The van der Waals surface area contributed by atoms with Gasteiger partial charge in [0.1, 0.15) is 0 Å². The van der Waals surface area contributed by atoms with E-state index in [-0.39, 0.29) is 5.91 Å². The van der Waals surface area contributed by atoms with E-state index in [2.05, 4.69) is 22.4 Å². The highest BCUT2D eigenvalue weighted by Crippen LogP contribution is 2.32. The standard InChI is InChI=1S/C13H16N4OS/c1-9(10-5-6-10)14-12(18)8-19-13-16-15-11-4-2-3-7-17(11)13/h2-4,7,9-10H,5-6,8H2,1H3,(H,14,18)/t9-/m0/s1. The lowest BCUT2D eigenvalue weighted by Gasteiger charge is -2.11. The van der Waals surface area contributed by atoms with E-state index in [1.165, 1.54) is 24.6 Å². The summed E-state index contributed by atoms with van der Waals surface area (Å²) in [6, 6.07) is 6.04. The van der Waals surface area contributed by atoms with Gasteiger partial charge in [0.15, 0.2) is 10.8 Å². The maximum absolute atomic E-state index is 11.8. The monoisotopic (exact) mass is 276 g/mol. The van der Waals surface area contributed by atoms with Crippen molar-refractivity contribution in [2.45, 2.75) is 31.0 Å². The Balaban J connectivity index is 1.58. The van der Waals surface area contributed by atoms with Crippen molar-refractivity contribution in [2.75, 3.05) is 5.75 Å². The van der Waals surface area contributed by atoms with Crippen molar-refractivity contribution < 1.29 is 4.79 Å². The number of rotatable bonds is 5. The Kier molecular flexibility index (Phi) is 3.42. The average Bonchev–Trinajstić information content (AvgIpc) is 3.18. The van der Waals surface area contributed by atoms with Crippen LogP contribution in [-0.4, -0.2) is 32.3 Å². The van der Waals surface area contributed by atoms with Gasteiger partial charge in [-0.25, -0.2) is 0 Å². The summed E-state index contributed by atoms with van der Waals surface area (Å²) in [5.41, 5.74) is 0.803. The van der Waals surface area contributed by atoms with Crippen LogP contribution in [0, 0.1) is 5.92 Å².